The summed E-state index contributed by atoms with van der Waals surface area (Å²) in [7, 11) is 0. The summed E-state index contributed by atoms with van der Waals surface area (Å²) in [6.45, 7) is 2.28. The lowest BCUT2D eigenvalue weighted by Gasteiger charge is -2.34. The van der Waals surface area contributed by atoms with E-state index in [0.29, 0.717) is 12.2 Å². The molecule has 1 amide bonds. The molecule has 3 unspecified atom stereocenters. The lowest BCUT2D eigenvalue weighted by Crippen LogP contribution is -2.52. The lowest BCUT2D eigenvalue weighted by atomic mass is 9.84. The van der Waals surface area contributed by atoms with E-state index in [9.17, 15) is 9.59 Å². The van der Waals surface area contributed by atoms with Crippen molar-refractivity contribution >= 4 is 37.1 Å². The average molecular weight is 396 g/mol. The second-order valence-corrected chi connectivity index (χ2v) is 8.18. The van der Waals surface area contributed by atoms with E-state index in [1.807, 2.05) is 37.3 Å². The van der Waals surface area contributed by atoms with Gasteiger partial charge in [-0.2, -0.15) is 25.3 Å². The largest absolute Gasteiger partial charge is 0.461 e. The molecule has 1 aliphatic carbocycles. The van der Waals surface area contributed by atoms with Gasteiger partial charge in [-0.15, -0.1) is 0 Å². The van der Waals surface area contributed by atoms with Gasteiger partial charge < -0.3 is 10.1 Å². The van der Waals surface area contributed by atoms with Crippen LogP contribution in [-0.4, -0.2) is 28.4 Å². The van der Waals surface area contributed by atoms with E-state index in [0.717, 1.165) is 37.7 Å². The molecule has 6 heteroatoms. The van der Waals surface area contributed by atoms with E-state index in [4.69, 9.17) is 4.74 Å². The number of amides is 1. The van der Waals surface area contributed by atoms with E-state index < -0.39 is 4.75 Å². The predicted octanol–water partition coefficient (Wildman–Crippen LogP) is 3.80. The number of esters is 1. The number of benzene rings is 1. The quantitative estimate of drug-likeness (QED) is 0.463. The van der Waals surface area contributed by atoms with E-state index >= 15 is 0 Å². The summed E-state index contributed by atoms with van der Waals surface area (Å²) in [5, 5.41) is 3.06. The van der Waals surface area contributed by atoms with Gasteiger partial charge in [0.1, 0.15) is 11.4 Å². The highest BCUT2D eigenvalue weighted by molar-refractivity contribution is 7.86. The maximum Gasteiger partial charge on any atom is 0.311 e. The molecule has 0 aromatic heterocycles. The summed E-state index contributed by atoms with van der Waals surface area (Å²) in [5.74, 6) is -0.294. The number of nitrogens with one attached hydrogen (secondary N) is 1. The Morgan fingerprint density at radius 3 is 2.58 bits per heavy atom. The van der Waals surface area contributed by atoms with Crippen LogP contribution in [0, 0.1) is 5.92 Å². The molecule has 2 rings (SSSR count). The normalized spacial score (nSPS) is 22.3. The number of hydrogen-bond acceptors (Lipinski definition) is 5. The molecule has 0 radical (unpaired) electrons. The highest BCUT2D eigenvalue weighted by Gasteiger charge is 2.38. The summed E-state index contributed by atoms with van der Waals surface area (Å²) in [6.07, 6.45) is 5.02. The first kappa shape index (κ1) is 21.2. The SMILES string of the molecule is CCCC(S)(CS)C(=O)NC1CCCCC1C(=O)OCc1ccccc1. The number of carbonyl (C=O) groups is 2. The summed E-state index contributed by atoms with van der Waals surface area (Å²) in [4.78, 5) is 25.3. The van der Waals surface area contributed by atoms with Crippen molar-refractivity contribution < 1.29 is 14.3 Å². The molecule has 1 aromatic carbocycles. The Kier molecular flexibility index (Phi) is 8.35. The fourth-order valence-corrected chi connectivity index (χ4v) is 3.99. The van der Waals surface area contributed by atoms with Crippen molar-refractivity contribution in [3.63, 3.8) is 0 Å². The molecule has 4 nitrogen and oxygen atoms in total. The van der Waals surface area contributed by atoms with Crippen molar-refractivity contribution in [2.75, 3.05) is 5.75 Å². The van der Waals surface area contributed by atoms with Gasteiger partial charge in [0.2, 0.25) is 5.91 Å². The van der Waals surface area contributed by atoms with Gasteiger partial charge in [-0.25, -0.2) is 0 Å². The Morgan fingerprint density at radius 1 is 1.23 bits per heavy atom. The maximum atomic E-state index is 12.7. The van der Waals surface area contributed by atoms with E-state index in [2.05, 4.69) is 30.6 Å². The molecule has 1 fully saturated rings. The summed E-state index contributed by atoms with van der Waals surface area (Å²) in [5.41, 5.74) is 0.963. The zero-order chi connectivity index (χ0) is 19.0. The van der Waals surface area contributed by atoms with Gasteiger partial charge >= 0.3 is 5.97 Å². The fourth-order valence-electron chi connectivity index (χ4n) is 3.40. The number of ether oxygens (including phenoxy) is 1. The molecule has 1 aromatic rings. The molecule has 0 spiro atoms. The number of thiol groups is 2. The van der Waals surface area contributed by atoms with Crippen LogP contribution in [0.15, 0.2) is 30.3 Å². The molecule has 3 atom stereocenters. The molecule has 1 N–H and O–H groups in total. The molecule has 0 bridgehead atoms. The number of hydrogen-bond donors (Lipinski definition) is 3. The van der Waals surface area contributed by atoms with Crippen LogP contribution in [0.25, 0.3) is 0 Å². The third kappa shape index (κ3) is 5.68. The zero-order valence-electron chi connectivity index (χ0n) is 15.3. The fraction of sp³-hybridized carbons (Fsp3) is 0.600. The van der Waals surface area contributed by atoms with Crippen molar-refractivity contribution in [2.45, 2.75) is 62.8 Å². The van der Waals surface area contributed by atoms with Gasteiger partial charge in [0.15, 0.2) is 0 Å². The Bertz CT molecular complexity index is 596. The van der Waals surface area contributed by atoms with Crippen LogP contribution in [0.2, 0.25) is 0 Å². The van der Waals surface area contributed by atoms with E-state index in [1.165, 1.54) is 0 Å². The van der Waals surface area contributed by atoms with Crippen LogP contribution in [0.4, 0.5) is 0 Å². The lowest BCUT2D eigenvalue weighted by molar-refractivity contribution is -0.152. The predicted molar refractivity (Wildman–Crippen MR) is 111 cm³/mol. The van der Waals surface area contributed by atoms with Crippen molar-refractivity contribution in [3.05, 3.63) is 35.9 Å². The minimum Gasteiger partial charge on any atom is -0.461 e. The zero-order valence-corrected chi connectivity index (χ0v) is 17.1. The molecule has 0 heterocycles. The van der Waals surface area contributed by atoms with Gasteiger partial charge in [-0.3, -0.25) is 9.59 Å². The number of rotatable bonds is 8. The van der Waals surface area contributed by atoms with Crippen LogP contribution >= 0.6 is 25.3 Å². The third-order valence-electron chi connectivity index (χ3n) is 4.96. The van der Waals surface area contributed by atoms with Crippen LogP contribution in [0.1, 0.15) is 51.0 Å². The average Bonchev–Trinajstić information content (AvgIpc) is 2.67. The summed E-state index contributed by atoms with van der Waals surface area (Å²) >= 11 is 8.86. The molecule has 26 heavy (non-hydrogen) atoms. The van der Waals surface area contributed by atoms with Crippen LogP contribution in [-0.2, 0) is 20.9 Å². The van der Waals surface area contributed by atoms with Gasteiger partial charge in [-0.1, -0.05) is 56.5 Å². The monoisotopic (exact) mass is 395 g/mol. The van der Waals surface area contributed by atoms with Crippen LogP contribution in [0.3, 0.4) is 0 Å². The minimum atomic E-state index is -0.798. The Morgan fingerprint density at radius 2 is 1.92 bits per heavy atom. The van der Waals surface area contributed by atoms with Crippen molar-refractivity contribution in [2.24, 2.45) is 5.92 Å². The Hall–Kier alpha value is -1.14. The standard InChI is InChI=1S/C20H29NO3S2/c1-2-12-20(26,14-25)19(23)21-17-11-7-6-10-16(17)18(22)24-13-15-8-4-3-5-9-15/h3-5,8-9,16-17,25-26H,2,6-7,10-14H2,1H3,(H,21,23). The molecule has 0 saturated heterocycles. The van der Waals surface area contributed by atoms with Crippen molar-refractivity contribution in [1.29, 1.82) is 0 Å². The summed E-state index contributed by atoms with van der Waals surface area (Å²) in [6, 6.07) is 9.44. The van der Waals surface area contributed by atoms with Crippen LogP contribution in [0.5, 0.6) is 0 Å². The first-order valence-corrected chi connectivity index (χ1v) is 10.4. The molecule has 0 aliphatic heterocycles. The molecule has 1 saturated carbocycles. The second-order valence-electron chi connectivity index (χ2n) is 7.00. The summed E-state index contributed by atoms with van der Waals surface area (Å²) < 4.78 is 4.72. The Balaban J connectivity index is 1.97. The van der Waals surface area contributed by atoms with E-state index in [1.54, 1.807) is 0 Å². The first-order valence-electron chi connectivity index (χ1n) is 9.35. The first-order chi connectivity index (χ1) is 12.5. The Labute approximate surface area is 167 Å². The van der Waals surface area contributed by atoms with Gasteiger partial charge in [0.05, 0.1) is 5.92 Å². The van der Waals surface area contributed by atoms with Gasteiger partial charge in [0.25, 0.3) is 0 Å². The van der Waals surface area contributed by atoms with E-state index in [-0.39, 0.29) is 30.4 Å². The smallest absolute Gasteiger partial charge is 0.311 e. The van der Waals surface area contributed by atoms with Crippen LogP contribution < -0.4 is 5.32 Å². The minimum absolute atomic E-state index is 0.134. The second kappa shape index (κ2) is 10.3. The van der Waals surface area contributed by atoms with Crippen molar-refractivity contribution in [3.8, 4) is 0 Å². The molecular weight excluding hydrogens is 366 g/mol. The van der Waals surface area contributed by atoms with Crippen molar-refractivity contribution in [1.82, 2.24) is 5.32 Å². The highest BCUT2D eigenvalue weighted by Crippen LogP contribution is 2.29. The topological polar surface area (TPSA) is 55.4 Å². The number of carbonyl (C=O) groups excluding carboxylic acids is 2. The molecular formula is C20H29NO3S2. The molecule has 144 valence electrons. The van der Waals surface area contributed by atoms with Gasteiger partial charge in [0, 0.05) is 11.8 Å². The maximum absolute atomic E-state index is 12.7. The molecule has 1 aliphatic rings. The third-order valence-corrected chi connectivity index (χ3v) is 6.33. The highest BCUT2D eigenvalue weighted by atomic mass is 32.1. The van der Waals surface area contributed by atoms with Gasteiger partial charge in [-0.05, 0) is 24.8 Å².